The maximum atomic E-state index is 12.4. The lowest BCUT2D eigenvalue weighted by Gasteiger charge is -2.24. The average Bonchev–Trinajstić information content (AvgIpc) is 2.84. The van der Waals surface area contributed by atoms with Crippen molar-refractivity contribution in [3.05, 3.63) is 35.9 Å². The molecule has 21 heavy (non-hydrogen) atoms. The maximum absolute atomic E-state index is 12.4. The normalized spacial score (nSPS) is 19.0. The van der Waals surface area contributed by atoms with Gasteiger partial charge in [0.2, 0.25) is 5.91 Å². The number of nitrogens with zero attached hydrogens (tertiary/aromatic N) is 2. The lowest BCUT2D eigenvalue weighted by molar-refractivity contribution is -0.129. The number of hydrogen-bond donors (Lipinski definition) is 1. The van der Waals surface area contributed by atoms with Gasteiger partial charge < -0.3 is 9.80 Å². The zero-order chi connectivity index (χ0) is 15.2. The number of aryl methyl sites for hydroxylation is 1. The smallest absolute Gasteiger partial charge is 0.240 e. The van der Waals surface area contributed by atoms with Crippen molar-refractivity contribution in [1.82, 2.24) is 15.1 Å². The molecule has 1 N–H and O–H groups in total. The number of rotatable bonds is 7. The van der Waals surface area contributed by atoms with Crippen molar-refractivity contribution >= 4 is 5.91 Å². The van der Waals surface area contributed by atoms with Crippen LogP contribution in [0.2, 0.25) is 0 Å². The van der Waals surface area contributed by atoms with Crippen molar-refractivity contribution in [3.63, 3.8) is 0 Å². The van der Waals surface area contributed by atoms with Gasteiger partial charge in [-0.1, -0.05) is 30.3 Å². The number of nitrogens with one attached hydrogen (secondary N) is 1. The van der Waals surface area contributed by atoms with Crippen LogP contribution in [0.1, 0.15) is 25.8 Å². The molecule has 1 amide bonds. The summed E-state index contributed by atoms with van der Waals surface area (Å²) in [4.78, 5) is 16.6. The molecule has 1 aliphatic rings. The number of carbonyl (C=O) groups excluding carboxylic acids is 1. The van der Waals surface area contributed by atoms with Gasteiger partial charge in [-0.25, -0.2) is 0 Å². The van der Waals surface area contributed by atoms with Crippen LogP contribution in [0, 0.1) is 0 Å². The molecule has 4 heteroatoms. The van der Waals surface area contributed by atoms with Gasteiger partial charge in [-0.3, -0.25) is 10.1 Å². The molecule has 1 atom stereocenters. The number of likely N-dealkylation sites (N-methyl/N-ethyl adjacent to an activating group) is 1. The molecule has 0 aromatic heterocycles. The topological polar surface area (TPSA) is 35.6 Å². The van der Waals surface area contributed by atoms with E-state index in [-0.39, 0.29) is 11.9 Å². The maximum Gasteiger partial charge on any atom is 0.240 e. The predicted octanol–water partition coefficient (Wildman–Crippen LogP) is 1.72. The molecule has 1 saturated heterocycles. The quantitative estimate of drug-likeness (QED) is 0.830. The van der Waals surface area contributed by atoms with Crippen molar-refractivity contribution in [2.75, 3.05) is 26.8 Å². The molecule has 1 aliphatic heterocycles. The minimum Gasteiger partial charge on any atom is -0.327 e. The summed E-state index contributed by atoms with van der Waals surface area (Å²) in [7, 11) is 2.10. The van der Waals surface area contributed by atoms with Gasteiger partial charge in [0.25, 0.3) is 0 Å². The molecule has 0 radical (unpaired) electrons. The molecule has 0 aliphatic carbocycles. The van der Waals surface area contributed by atoms with Crippen molar-refractivity contribution in [2.45, 2.75) is 38.8 Å². The molecular formula is C17H27N3O. The van der Waals surface area contributed by atoms with Crippen molar-refractivity contribution in [3.8, 4) is 0 Å². The number of hydrogen-bond acceptors (Lipinski definition) is 3. The molecular weight excluding hydrogens is 262 g/mol. The Hall–Kier alpha value is -1.39. The van der Waals surface area contributed by atoms with Crippen LogP contribution in [0.3, 0.4) is 0 Å². The minimum absolute atomic E-state index is 0.0189. The fourth-order valence-corrected chi connectivity index (χ4v) is 2.51. The standard InChI is InChI=1S/C17H27N3O/c1-14(2)19(3)11-12-20-13-18-16(17(20)21)10-9-15-7-5-4-6-8-15/h4-8,14,16,18H,9-13H2,1-3H3. The highest BCUT2D eigenvalue weighted by molar-refractivity contribution is 5.83. The summed E-state index contributed by atoms with van der Waals surface area (Å²) in [6.07, 6.45) is 1.82. The van der Waals surface area contributed by atoms with Crippen molar-refractivity contribution in [2.24, 2.45) is 0 Å². The van der Waals surface area contributed by atoms with Gasteiger partial charge in [-0.05, 0) is 39.3 Å². The Labute approximate surface area is 128 Å². The molecule has 0 saturated carbocycles. The van der Waals surface area contributed by atoms with Gasteiger partial charge in [0, 0.05) is 19.1 Å². The van der Waals surface area contributed by atoms with Crippen LogP contribution in [0.25, 0.3) is 0 Å². The van der Waals surface area contributed by atoms with Crippen LogP contribution in [0.5, 0.6) is 0 Å². The Kier molecular flexibility index (Phi) is 5.76. The summed E-state index contributed by atoms with van der Waals surface area (Å²) in [5.41, 5.74) is 1.30. The summed E-state index contributed by atoms with van der Waals surface area (Å²) in [5.74, 6) is 0.253. The van der Waals surface area contributed by atoms with Crippen LogP contribution in [-0.2, 0) is 11.2 Å². The van der Waals surface area contributed by atoms with E-state index in [4.69, 9.17) is 0 Å². The van der Waals surface area contributed by atoms with E-state index in [1.165, 1.54) is 5.56 Å². The highest BCUT2D eigenvalue weighted by atomic mass is 16.2. The molecule has 1 aromatic rings. The third kappa shape index (κ3) is 4.55. The number of carbonyl (C=O) groups is 1. The van der Waals surface area contributed by atoms with Gasteiger partial charge >= 0.3 is 0 Å². The highest BCUT2D eigenvalue weighted by Crippen LogP contribution is 2.11. The highest BCUT2D eigenvalue weighted by Gasteiger charge is 2.30. The zero-order valence-electron chi connectivity index (χ0n) is 13.4. The number of amides is 1. The zero-order valence-corrected chi connectivity index (χ0v) is 13.4. The predicted molar refractivity (Wildman–Crippen MR) is 86.0 cm³/mol. The second-order valence-electron chi connectivity index (χ2n) is 6.12. The van der Waals surface area contributed by atoms with Crippen LogP contribution in [0.15, 0.2) is 30.3 Å². The lowest BCUT2D eigenvalue weighted by atomic mass is 10.1. The van der Waals surface area contributed by atoms with E-state index in [0.717, 1.165) is 25.9 Å². The molecule has 2 rings (SSSR count). The fourth-order valence-electron chi connectivity index (χ4n) is 2.51. The second-order valence-corrected chi connectivity index (χ2v) is 6.12. The Morgan fingerprint density at radius 2 is 2.05 bits per heavy atom. The summed E-state index contributed by atoms with van der Waals surface area (Å²) in [6, 6.07) is 10.9. The molecule has 1 heterocycles. The van der Waals surface area contributed by atoms with Crippen LogP contribution < -0.4 is 5.32 Å². The molecule has 0 bridgehead atoms. The van der Waals surface area contributed by atoms with Gasteiger partial charge in [0.1, 0.15) is 0 Å². The lowest BCUT2D eigenvalue weighted by Crippen LogP contribution is -2.38. The average molecular weight is 289 g/mol. The first-order valence-corrected chi connectivity index (χ1v) is 7.84. The molecule has 1 aromatic carbocycles. The summed E-state index contributed by atoms with van der Waals surface area (Å²) < 4.78 is 0. The SMILES string of the molecule is CC(C)N(C)CCN1CNC(CCc2ccccc2)C1=O. The summed E-state index contributed by atoms with van der Waals surface area (Å²) >= 11 is 0. The Morgan fingerprint density at radius 1 is 1.33 bits per heavy atom. The van der Waals surface area contributed by atoms with E-state index in [0.29, 0.717) is 12.7 Å². The number of benzene rings is 1. The van der Waals surface area contributed by atoms with E-state index in [1.54, 1.807) is 0 Å². The second kappa shape index (κ2) is 7.57. The third-order valence-corrected chi connectivity index (χ3v) is 4.31. The summed E-state index contributed by atoms with van der Waals surface area (Å²) in [5, 5.41) is 3.34. The minimum atomic E-state index is -0.0189. The Morgan fingerprint density at radius 3 is 2.71 bits per heavy atom. The van der Waals surface area contributed by atoms with E-state index in [9.17, 15) is 4.79 Å². The first-order valence-electron chi connectivity index (χ1n) is 7.84. The van der Waals surface area contributed by atoms with Crippen LogP contribution in [0.4, 0.5) is 0 Å². The Bertz CT molecular complexity index is 447. The van der Waals surface area contributed by atoms with Crippen LogP contribution >= 0.6 is 0 Å². The molecule has 116 valence electrons. The van der Waals surface area contributed by atoms with Gasteiger partial charge in [-0.2, -0.15) is 0 Å². The molecule has 4 nitrogen and oxygen atoms in total. The van der Waals surface area contributed by atoms with E-state index in [2.05, 4.69) is 43.2 Å². The van der Waals surface area contributed by atoms with Crippen molar-refractivity contribution in [1.29, 1.82) is 0 Å². The first kappa shape index (κ1) is 16.0. The van der Waals surface area contributed by atoms with Crippen LogP contribution in [-0.4, -0.2) is 54.6 Å². The molecule has 1 unspecified atom stereocenters. The van der Waals surface area contributed by atoms with E-state index in [1.807, 2.05) is 23.1 Å². The van der Waals surface area contributed by atoms with Gasteiger partial charge in [0.05, 0.1) is 12.7 Å². The van der Waals surface area contributed by atoms with Gasteiger partial charge in [-0.15, -0.1) is 0 Å². The largest absolute Gasteiger partial charge is 0.327 e. The van der Waals surface area contributed by atoms with E-state index >= 15 is 0 Å². The van der Waals surface area contributed by atoms with Crippen molar-refractivity contribution < 1.29 is 4.79 Å². The van der Waals surface area contributed by atoms with E-state index < -0.39 is 0 Å². The molecule has 0 spiro atoms. The first-order chi connectivity index (χ1) is 10.1. The fraction of sp³-hybridized carbons (Fsp3) is 0.588. The summed E-state index contributed by atoms with van der Waals surface area (Å²) in [6.45, 7) is 6.77. The Balaban J connectivity index is 1.76. The third-order valence-electron chi connectivity index (χ3n) is 4.31. The van der Waals surface area contributed by atoms with Gasteiger partial charge in [0.15, 0.2) is 0 Å². The monoisotopic (exact) mass is 289 g/mol. The molecule has 1 fully saturated rings.